The molecule has 1 aromatic heterocycles. The van der Waals surface area contributed by atoms with Gasteiger partial charge in [0.25, 0.3) is 0 Å². The first-order chi connectivity index (χ1) is 14.1. The first kappa shape index (κ1) is 23.3. The van der Waals surface area contributed by atoms with Crippen molar-refractivity contribution >= 4 is 34.8 Å². The van der Waals surface area contributed by atoms with E-state index in [4.69, 9.17) is 34.2 Å². The number of carbonyl (C=O) groups excluding carboxylic acids is 1. The Labute approximate surface area is 182 Å². The Morgan fingerprint density at radius 2 is 1.73 bits per heavy atom. The molecule has 30 heavy (non-hydrogen) atoms. The molecule has 0 saturated carbocycles. The van der Waals surface area contributed by atoms with Crippen molar-refractivity contribution in [2.75, 3.05) is 5.73 Å². The molecule has 2 aromatic carbocycles. The number of nitrogens with zero attached hydrogens (tertiary/aromatic N) is 3. The molecule has 156 valence electrons. The van der Waals surface area contributed by atoms with Gasteiger partial charge in [-0.1, -0.05) is 29.3 Å². The van der Waals surface area contributed by atoms with Crippen molar-refractivity contribution in [2.45, 2.75) is 19.8 Å². The van der Waals surface area contributed by atoms with Crippen molar-refractivity contribution < 1.29 is 13.6 Å². The maximum atomic E-state index is 12.9. The molecule has 9 heteroatoms. The molecule has 1 unspecified atom stereocenters. The third-order valence-corrected chi connectivity index (χ3v) is 4.92. The van der Waals surface area contributed by atoms with Gasteiger partial charge in [-0.05, 0) is 49.7 Å². The number of rotatable bonds is 3. The standard InChI is InChI=1S/C11H11ClFN3.C10H7ClFNO/c1-6-10(11(14)16(2)15-6)8-4-3-7(13)5-9(8)12;1-6(14)9(5-13)8-3-2-7(12)4-10(8)11/h3-5H,14H2,1-2H3;2-4,9H,1H3. The van der Waals surface area contributed by atoms with Gasteiger partial charge in [-0.2, -0.15) is 10.4 Å². The molecular weight excluding hydrogens is 433 g/mol. The minimum Gasteiger partial charge on any atom is -0.383 e. The van der Waals surface area contributed by atoms with Gasteiger partial charge in [0.1, 0.15) is 23.4 Å². The van der Waals surface area contributed by atoms with Crippen LogP contribution in [-0.2, 0) is 11.8 Å². The van der Waals surface area contributed by atoms with Gasteiger partial charge < -0.3 is 5.73 Å². The van der Waals surface area contributed by atoms with Crippen LogP contribution < -0.4 is 5.73 Å². The van der Waals surface area contributed by atoms with Crippen molar-refractivity contribution in [1.82, 2.24) is 9.78 Å². The number of anilines is 1. The van der Waals surface area contributed by atoms with E-state index in [0.29, 0.717) is 22.0 Å². The van der Waals surface area contributed by atoms with E-state index in [2.05, 4.69) is 5.10 Å². The summed E-state index contributed by atoms with van der Waals surface area (Å²) < 4.78 is 27.2. The van der Waals surface area contributed by atoms with Crippen LogP contribution in [0.4, 0.5) is 14.6 Å². The number of nitriles is 1. The molecule has 0 aliphatic rings. The predicted octanol–water partition coefficient (Wildman–Crippen LogP) is 5.45. The molecule has 1 atom stereocenters. The summed E-state index contributed by atoms with van der Waals surface area (Å²) in [5.41, 5.74) is 8.47. The van der Waals surface area contributed by atoms with Crippen molar-refractivity contribution in [2.24, 2.45) is 7.05 Å². The van der Waals surface area contributed by atoms with Gasteiger partial charge in [0.15, 0.2) is 5.78 Å². The number of ketones is 1. The van der Waals surface area contributed by atoms with E-state index in [0.717, 1.165) is 17.3 Å². The van der Waals surface area contributed by atoms with Crippen molar-refractivity contribution in [3.63, 3.8) is 0 Å². The van der Waals surface area contributed by atoms with Gasteiger partial charge in [-0.3, -0.25) is 9.48 Å². The summed E-state index contributed by atoms with van der Waals surface area (Å²) in [5, 5.41) is 13.3. The molecule has 0 fully saturated rings. The average Bonchev–Trinajstić information content (AvgIpc) is 2.90. The highest BCUT2D eigenvalue weighted by atomic mass is 35.5. The number of hydrogen-bond donors (Lipinski definition) is 1. The molecule has 5 nitrogen and oxygen atoms in total. The van der Waals surface area contributed by atoms with Crippen LogP contribution in [0.25, 0.3) is 11.1 Å². The lowest BCUT2D eigenvalue weighted by Crippen LogP contribution is -2.06. The summed E-state index contributed by atoms with van der Waals surface area (Å²) in [6.45, 7) is 3.14. The monoisotopic (exact) mass is 450 g/mol. The second-order valence-electron chi connectivity index (χ2n) is 6.43. The third-order valence-electron chi connectivity index (χ3n) is 4.28. The van der Waals surface area contributed by atoms with E-state index in [1.165, 1.54) is 31.2 Å². The van der Waals surface area contributed by atoms with E-state index < -0.39 is 11.7 Å². The van der Waals surface area contributed by atoms with Crippen molar-refractivity contribution in [3.05, 3.63) is 69.3 Å². The molecule has 0 aliphatic heterocycles. The summed E-state index contributed by atoms with van der Waals surface area (Å²) in [6.07, 6.45) is 0. The SMILES string of the molecule is CC(=O)C(C#N)c1ccc(F)cc1Cl.Cc1nn(C)c(N)c1-c1ccc(F)cc1Cl. The second-order valence-corrected chi connectivity index (χ2v) is 7.25. The lowest BCUT2D eigenvalue weighted by Gasteiger charge is -2.07. The molecule has 1 heterocycles. The molecule has 0 aliphatic carbocycles. The van der Waals surface area contributed by atoms with Crippen LogP contribution in [0, 0.1) is 29.9 Å². The van der Waals surface area contributed by atoms with Crippen LogP contribution in [0.15, 0.2) is 36.4 Å². The summed E-state index contributed by atoms with van der Waals surface area (Å²) in [6, 6.07) is 9.67. The topological polar surface area (TPSA) is 84.7 Å². The molecule has 0 radical (unpaired) electrons. The van der Waals surface area contributed by atoms with Gasteiger partial charge in [0.2, 0.25) is 0 Å². The zero-order valence-electron chi connectivity index (χ0n) is 16.4. The van der Waals surface area contributed by atoms with Crippen LogP contribution >= 0.6 is 23.2 Å². The van der Waals surface area contributed by atoms with E-state index in [9.17, 15) is 13.6 Å². The van der Waals surface area contributed by atoms with E-state index in [-0.39, 0.29) is 16.6 Å². The van der Waals surface area contributed by atoms with E-state index >= 15 is 0 Å². The fraction of sp³-hybridized carbons (Fsp3) is 0.190. The smallest absolute Gasteiger partial charge is 0.151 e. The van der Waals surface area contributed by atoms with E-state index in [1.54, 1.807) is 17.8 Å². The molecular formula is C21H18Cl2F2N4O. The summed E-state index contributed by atoms with van der Waals surface area (Å²) in [7, 11) is 1.75. The largest absolute Gasteiger partial charge is 0.383 e. The molecule has 3 aromatic rings. The Hall–Kier alpha value is -2.95. The Morgan fingerprint density at radius 1 is 1.17 bits per heavy atom. The Balaban J connectivity index is 0.000000216. The normalized spacial score (nSPS) is 11.3. The maximum absolute atomic E-state index is 12.9. The third kappa shape index (κ3) is 5.15. The van der Waals surface area contributed by atoms with Gasteiger partial charge >= 0.3 is 0 Å². The fourth-order valence-corrected chi connectivity index (χ4v) is 3.35. The minimum absolute atomic E-state index is 0.103. The van der Waals surface area contributed by atoms with Crippen LogP contribution in [0.1, 0.15) is 24.1 Å². The first-order valence-electron chi connectivity index (χ1n) is 8.66. The minimum atomic E-state index is -0.914. The van der Waals surface area contributed by atoms with Crippen LogP contribution in [0.5, 0.6) is 0 Å². The average molecular weight is 451 g/mol. The lowest BCUT2D eigenvalue weighted by molar-refractivity contribution is -0.117. The van der Waals surface area contributed by atoms with Gasteiger partial charge in [0.05, 0.1) is 16.8 Å². The van der Waals surface area contributed by atoms with Crippen LogP contribution in [0.2, 0.25) is 10.0 Å². The molecule has 0 bridgehead atoms. The fourth-order valence-electron chi connectivity index (χ4n) is 2.82. The molecule has 3 rings (SSSR count). The number of carbonyl (C=O) groups is 1. The van der Waals surface area contributed by atoms with Crippen molar-refractivity contribution in [1.29, 1.82) is 5.26 Å². The number of nitrogens with two attached hydrogens (primary N) is 1. The summed E-state index contributed by atoms with van der Waals surface area (Å²) in [4.78, 5) is 11.0. The highest BCUT2D eigenvalue weighted by Gasteiger charge is 2.19. The number of benzene rings is 2. The number of hydrogen-bond acceptors (Lipinski definition) is 4. The molecule has 0 saturated heterocycles. The summed E-state index contributed by atoms with van der Waals surface area (Å²) >= 11 is 11.7. The van der Waals surface area contributed by atoms with E-state index in [1.807, 2.05) is 13.0 Å². The Bertz CT molecular complexity index is 1140. The molecule has 0 spiro atoms. The van der Waals surface area contributed by atoms with Crippen LogP contribution in [0.3, 0.4) is 0 Å². The maximum Gasteiger partial charge on any atom is 0.151 e. The quantitative estimate of drug-likeness (QED) is 0.574. The summed E-state index contributed by atoms with van der Waals surface area (Å²) in [5.74, 6) is -1.55. The number of halogens is 4. The number of Topliss-reactive ketones (excluding diaryl/α,β-unsaturated/α-hetero) is 1. The predicted molar refractivity (Wildman–Crippen MR) is 113 cm³/mol. The number of aryl methyl sites for hydroxylation is 2. The van der Waals surface area contributed by atoms with Crippen LogP contribution in [-0.4, -0.2) is 15.6 Å². The Morgan fingerprint density at radius 3 is 2.17 bits per heavy atom. The molecule has 0 amide bonds. The van der Waals surface area contributed by atoms with Gasteiger partial charge in [-0.25, -0.2) is 8.78 Å². The van der Waals surface area contributed by atoms with Crippen molar-refractivity contribution in [3.8, 4) is 17.2 Å². The zero-order chi connectivity index (χ0) is 22.6. The van der Waals surface area contributed by atoms with Gasteiger partial charge in [0, 0.05) is 23.2 Å². The Kier molecular flexibility index (Phi) is 7.54. The molecule has 2 N–H and O–H groups in total. The highest BCUT2D eigenvalue weighted by Crippen LogP contribution is 2.34. The second kappa shape index (κ2) is 9.70. The highest BCUT2D eigenvalue weighted by molar-refractivity contribution is 6.33. The number of aromatic nitrogens is 2. The lowest BCUT2D eigenvalue weighted by atomic mass is 9.97. The first-order valence-corrected chi connectivity index (χ1v) is 9.41. The zero-order valence-corrected chi connectivity index (χ0v) is 17.9. The number of nitrogen functional groups attached to an aromatic ring is 1. The van der Waals surface area contributed by atoms with Gasteiger partial charge in [-0.15, -0.1) is 0 Å².